The zero-order chi connectivity index (χ0) is 18.9. The smallest absolute Gasteiger partial charge is 1.00 e. The van der Waals surface area contributed by atoms with Gasteiger partial charge in [0.05, 0.1) is 0 Å². The molecule has 4 aliphatic rings. The average molecular weight is 530 g/mol. The molecule has 0 radical (unpaired) electrons. The van der Waals surface area contributed by atoms with Crippen molar-refractivity contribution in [1.82, 2.24) is 0 Å². The minimum atomic E-state index is -0.676. The summed E-state index contributed by atoms with van der Waals surface area (Å²) in [4.78, 5) is 0. The Bertz CT molecular complexity index is 705. The Morgan fingerprint density at radius 2 is 1.36 bits per heavy atom. The third kappa shape index (κ3) is 7.47. The number of allylic oxidation sites excluding steroid dienone is 8. The number of benzene rings is 1. The maximum absolute atomic E-state index is 2.41. The molecule has 1 aromatic rings. The van der Waals surface area contributed by atoms with Crippen molar-refractivity contribution in [3.05, 3.63) is 90.8 Å². The van der Waals surface area contributed by atoms with Gasteiger partial charge in [-0.25, -0.2) is 36.1 Å². The Hall–Kier alpha value is -0.364. The summed E-state index contributed by atoms with van der Waals surface area (Å²) in [6.07, 6.45) is 26.1. The third-order valence-corrected chi connectivity index (χ3v) is 11.8. The second kappa shape index (κ2) is 13.0. The molecule has 0 nitrogen and oxygen atoms in total. The molecule has 0 N–H and O–H groups in total. The first-order valence-electron chi connectivity index (χ1n) is 10.2. The second-order valence-corrected chi connectivity index (χ2v) is 21.0. The number of halogens is 1. The van der Waals surface area contributed by atoms with Gasteiger partial charge in [-0.05, 0) is 24.7 Å². The number of rotatable bonds is 1. The van der Waals surface area contributed by atoms with E-state index in [1.54, 1.807) is 37.1 Å². The van der Waals surface area contributed by atoms with Crippen LogP contribution in [0.15, 0.2) is 77.9 Å². The first kappa shape index (κ1) is 23.9. The van der Waals surface area contributed by atoms with Crippen molar-refractivity contribution in [1.29, 1.82) is 0 Å². The van der Waals surface area contributed by atoms with E-state index in [0.717, 1.165) is 11.8 Å². The molecule has 2 saturated carbocycles. The summed E-state index contributed by atoms with van der Waals surface area (Å²) in [5, 5.41) is 0. The zero-order valence-electron chi connectivity index (χ0n) is 16.8. The maximum atomic E-state index is 2.41. The van der Waals surface area contributed by atoms with Gasteiger partial charge in [0, 0.05) is 0 Å². The Kier molecular flexibility index (Phi) is 11.1. The molecule has 2 unspecified atom stereocenters. The summed E-state index contributed by atoms with van der Waals surface area (Å²) >= 11 is 1.76. The molecule has 0 bridgehead atoms. The molecule has 28 heavy (non-hydrogen) atoms. The predicted molar refractivity (Wildman–Crippen MR) is 115 cm³/mol. The number of fused-ring (bicyclic) bond motifs is 2. The molecule has 4 aliphatic carbocycles. The molecule has 2 atom stereocenters. The fourth-order valence-corrected chi connectivity index (χ4v) is 7.60. The van der Waals surface area contributed by atoms with E-state index in [1.165, 1.54) is 38.5 Å². The molecular formula is C25H30ClGeZr-3. The topological polar surface area (TPSA) is 0 Å². The van der Waals surface area contributed by atoms with Crippen molar-refractivity contribution in [2.24, 2.45) is 11.8 Å². The van der Waals surface area contributed by atoms with E-state index in [2.05, 4.69) is 85.4 Å². The van der Waals surface area contributed by atoms with Gasteiger partial charge in [0.15, 0.2) is 0 Å². The first-order chi connectivity index (χ1) is 13.2. The molecule has 3 heteroatoms. The van der Waals surface area contributed by atoms with E-state index >= 15 is 0 Å². The second-order valence-electron chi connectivity index (χ2n) is 7.61. The quantitative estimate of drug-likeness (QED) is 0.388. The monoisotopic (exact) mass is 529 g/mol. The molecule has 0 spiro atoms. The van der Waals surface area contributed by atoms with Crippen molar-refractivity contribution in [2.45, 2.75) is 44.3 Å². The van der Waals surface area contributed by atoms with E-state index in [9.17, 15) is 0 Å². The van der Waals surface area contributed by atoms with Gasteiger partial charge in [0.2, 0.25) is 0 Å². The largest absolute Gasteiger partial charge is 1.00 e. The van der Waals surface area contributed by atoms with Crippen LogP contribution >= 0.6 is 0 Å². The van der Waals surface area contributed by atoms with Crippen LogP contribution in [0.25, 0.3) is 0 Å². The van der Waals surface area contributed by atoms with Crippen LogP contribution in [-0.2, 0) is 21.6 Å². The minimum absolute atomic E-state index is 0. The summed E-state index contributed by atoms with van der Waals surface area (Å²) < 4.78 is 1.62. The Balaban J connectivity index is 0.000000148. The molecule has 0 saturated heterocycles. The van der Waals surface area contributed by atoms with Crippen LogP contribution in [0.3, 0.4) is 0 Å². The third-order valence-electron chi connectivity index (χ3n) is 5.63. The van der Waals surface area contributed by atoms with Crippen LogP contribution in [0.1, 0.15) is 38.5 Å². The minimum Gasteiger partial charge on any atom is -1.00 e. The van der Waals surface area contributed by atoms with Crippen molar-refractivity contribution in [3.63, 3.8) is 0 Å². The summed E-state index contributed by atoms with van der Waals surface area (Å²) in [5.41, 5.74) is 3.16. The van der Waals surface area contributed by atoms with Gasteiger partial charge in [0.1, 0.15) is 0 Å². The Morgan fingerprint density at radius 3 is 1.75 bits per heavy atom. The predicted octanol–water partition coefficient (Wildman–Crippen LogP) is 3.04. The molecule has 5 rings (SSSR count). The molecular weight excluding hydrogens is 500 g/mol. The van der Waals surface area contributed by atoms with Crippen LogP contribution in [0, 0.1) is 24.7 Å². The normalized spacial score (nSPS) is 22.9. The molecule has 0 heterocycles. The molecule has 148 valence electrons. The summed E-state index contributed by atoms with van der Waals surface area (Å²) in [6.45, 7) is 0. The van der Waals surface area contributed by atoms with Gasteiger partial charge in [0.25, 0.3) is 0 Å². The Labute approximate surface area is 194 Å². The van der Waals surface area contributed by atoms with E-state index < -0.39 is 9.98 Å². The number of hydrogen-bond acceptors (Lipinski definition) is 0. The van der Waals surface area contributed by atoms with Crippen molar-refractivity contribution in [3.8, 4) is 0 Å². The van der Waals surface area contributed by atoms with Gasteiger partial charge in [-0.1, -0.05) is 12.8 Å². The maximum Gasteiger partial charge on any atom is -1.00 e. The van der Waals surface area contributed by atoms with Crippen molar-refractivity contribution >= 4 is 14.4 Å². The van der Waals surface area contributed by atoms with Crippen LogP contribution in [0.2, 0.25) is 5.76 Å². The van der Waals surface area contributed by atoms with Crippen molar-refractivity contribution in [2.75, 3.05) is 0 Å². The molecule has 0 amide bonds. The molecule has 2 fully saturated rings. The van der Waals surface area contributed by atoms with Gasteiger partial charge < -0.3 is 12.4 Å². The fourth-order valence-electron chi connectivity index (χ4n) is 4.02. The summed E-state index contributed by atoms with van der Waals surface area (Å²) in [5.74, 6) is 4.18. The summed E-state index contributed by atoms with van der Waals surface area (Å²) in [7, 11) is -0.676. The van der Waals surface area contributed by atoms with Gasteiger partial charge in [-0.2, -0.15) is 0 Å². The standard InChI is InChI=1S/2C9H11.C7H8Ge.ClH.Zr/c2*1-2-5-9-7-3-6-8(9)4-1;1-8-7-5-3-2-4-6-7;;/h2*1-2,4,6,9H,3,5,7H2;2-6H,1H3;1H;/q2*-1;;;/p-1. The van der Waals surface area contributed by atoms with Crippen LogP contribution in [0.4, 0.5) is 0 Å². The van der Waals surface area contributed by atoms with E-state index in [-0.39, 0.29) is 12.4 Å². The van der Waals surface area contributed by atoms with E-state index in [1.807, 2.05) is 0 Å². The van der Waals surface area contributed by atoms with Crippen LogP contribution < -0.4 is 16.8 Å². The van der Waals surface area contributed by atoms with Crippen LogP contribution in [0.5, 0.6) is 0 Å². The molecule has 0 aromatic heterocycles. The first-order valence-corrected chi connectivity index (χ1v) is 20.8. The van der Waals surface area contributed by atoms with E-state index in [4.69, 9.17) is 0 Å². The molecule has 0 aliphatic heterocycles. The SMILES string of the molecule is C1=CCC2CC[CH-]C2=C1.C1=CCC2CC[CH-]C2=C1.[CH3][Ge](=[Zr])[c]1ccccc1.[Cl-]. The average Bonchev–Trinajstić information content (AvgIpc) is 3.39. The fraction of sp³-hybridized carbons (Fsp3) is 0.360. The zero-order valence-corrected chi connectivity index (χ0v) is 22.1. The summed E-state index contributed by atoms with van der Waals surface area (Å²) in [6, 6.07) is 10.9. The van der Waals surface area contributed by atoms with E-state index in [0.29, 0.717) is 0 Å². The van der Waals surface area contributed by atoms with Crippen molar-refractivity contribution < 1.29 is 34.0 Å². The van der Waals surface area contributed by atoms with Gasteiger partial charge in [-0.15, -0.1) is 37.1 Å². The van der Waals surface area contributed by atoms with Gasteiger partial charge >= 0.3 is 72.1 Å². The van der Waals surface area contributed by atoms with Crippen LogP contribution in [-0.4, -0.2) is 9.98 Å². The molecule has 1 aromatic carbocycles. The number of hydrogen-bond donors (Lipinski definition) is 0. The Morgan fingerprint density at radius 1 is 0.857 bits per heavy atom. The van der Waals surface area contributed by atoms with Gasteiger partial charge in [-0.3, -0.25) is 0 Å².